The summed E-state index contributed by atoms with van der Waals surface area (Å²) < 4.78 is 18.2. The predicted octanol–water partition coefficient (Wildman–Crippen LogP) is 2.43. The highest BCUT2D eigenvalue weighted by atomic mass is 19.1. The number of nitrogens with zero attached hydrogens (tertiary/aromatic N) is 2. The number of nitrogens with one attached hydrogen (secondary N) is 1. The van der Waals surface area contributed by atoms with Crippen molar-refractivity contribution in [1.29, 1.82) is 0 Å². The number of hydrogen-bond acceptors (Lipinski definition) is 4. The lowest BCUT2D eigenvalue weighted by atomic mass is 10.1. The maximum Gasteiger partial charge on any atom is 0.410 e. The average molecular weight is 379 g/mol. The van der Waals surface area contributed by atoms with Crippen LogP contribution < -0.4 is 5.32 Å². The SMILES string of the molecule is CC(C)(C)OC(=O)N1CCN(CCCNC(=O)Cc2ccc(F)cc2)CC1. The van der Waals surface area contributed by atoms with Crippen LogP contribution in [0, 0.1) is 5.82 Å². The van der Waals surface area contributed by atoms with Crippen LogP contribution in [-0.4, -0.2) is 66.7 Å². The molecule has 0 bridgehead atoms. The molecule has 0 atom stereocenters. The van der Waals surface area contributed by atoms with Gasteiger partial charge < -0.3 is 15.0 Å². The molecule has 2 rings (SSSR count). The number of carbonyl (C=O) groups is 2. The Morgan fingerprint density at radius 2 is 1.74 bits per heavy atom. The molecule has 1 aliphatic rings. The summed E-state index contributed by atoms with van der Waals surface area (Å²) in [7, 11) is 0. The minimum Gasteiger partial charge on any atom is -0.444 e. The Kier molecular flexibility index (Phi) is 7.59. The van der Waals surface area contributed by atoms with Crippen LogP contribution in [0.2, 0.25) is 0 Å². The van der Waals surface area contributed by atoms with E-state index < -0.39 is 5.60 Å². The Morgan fingerprint density at radius 1 is 1.11 bits per heavy atom. The van der Waals surface area contributed by atoms with Gasteiger partial charge in [-0.3, -0.25) is 9.69 Å². The molecule has 6 nitrogen and oxygen atoms in total. The normalized spacial score (nSPS) is 15.5. The van der Waals surface area contributed by atoms with Gasteiger partial charge in [-0.05, 0) is 51.4 Å². The first kappa shape index (κ1) is 21.2. The lowest BCUT2D eigenvalue weighted by Gasteiger charge is -2.35. The minimum absolute atomic E-state index is 0.0589. The lowest BCUT2D eigenvalue weighted by Crippen LogP contribution is -2.50. The third kappa shape index (κ3) is 7.95. The third-order valence-electron chi connectivity index (χ3n) is 4.28. The van der Waals surface area contributed by atoms with Crippen LogP contribution in [0.1, 0.15) is 32.8 Å². The van der Waals surface area contributed by atoms with Crippen LogP contribution in [0.5, 0.6) is 0 Å². The first-order chi connectivity index (χ1) is 12.7. The Bertz CT molecular complexity index is 620. The van der Waals surface area contributed by atoms with Gasteiger partial charge in [-0.2, -0.15) is 0 Å². The molecule has 150 valence electrons. The molecule has 1 aromatic carbocycles. The smallest absolute Gasteiger partial charge is 0.410 e. The van der Waals surface area contributed by atoms with Crippen molar-refractivity contribution in [2.24, 2.45) is 0 Å². The molecule has 0 radical (unpaired) electrons. The summed E-state index contributed by atoms with van der Waals surface area (Å²) in [4.78, 5) is 28.0. The van der Waals surface area contributed by atoms with E-state index in [1.165, 1.54) is 12.1 Å². The zero-order chi connectivity index (χ0) is 19.9. The topological polar surface area (TPSA) is 61.9 Å². The van der Waals surface area contributed by atoms with Gasteiger partial charge in [0.1, 0.15) is 11.4 Å². The fraction of sp³-hybridized carbons (Fsp3) is 0.600. The standard InChI is InChI=1S/C20H30FN3O3/c1-20(2,3)27-19(26)24-13-11-23(12-14-24)10-4-9-22-18(25)15-16-5-7-17(21)8-6-16/h5-8H,4,9-15H2,1-3H3,(H,22,25). The number of amides is 2. The van der Waals surface area contributed by atoms with Gasteiger partial charge in [0.05, 0.1) is 6.42 Å². The molecule has 0 saturated carbocycles. The summed E-state index contributed by atoms with van der Waals surface area (Å²) in [6.45, 7) is 10.0. The number of rotatable bonds is 6. The molecule has 7 heteroatoms. The van der Waals surface area contributed by atoms with Crippen LogP contribution in [-0.2, 0) is 16.0 Å². The highest BCUT2D eigenvalue weighted by Gasteiger charge is 2.25. The van der Waals surface area contributed by atoms with Gasteiger partial charge in [0, 0.05) is 32.7 Å². The van der Waals surface area contributed by atoms with Crippen LogP contribution in [0.3, 0.4) is 0 Å². The van der Waals surface area contributed by atoms with Crippen LogP contribution in [0.25, 0.3) is 0 Å². The van der Waals surface area contributed by atoms with Crippen molar-refractivity contribution in [3.05, 3.63) is 35.6 Å². The summed E-state index contributed by atoms with van der Waals surface area (Å²) in [5.74, 6) is -0.359. The van der Waals surface area contributed by atoms with Crippen LogP contribution in [0.15, 0.2) is 24.3 Å². The highest BCUT2D eigenvalue weighted by molar-refractivity contribution is 5.78. The molecule has 27 heavy (non-hydrogen) atoms. The van der Waals surface area contributed by atoms with Gasteiger partial charge in [0.2, 0.25) is 5.91 Å². The molecule has 0 aliphatic carbocycles. The van der Waals surface area contributed by atoms with Crippen molar-refractivity contribution >= 4 is 12.0 Å². The number of carbonyl (C=O) groups excluding carboxylic acids is 2. The molecule has 2 amide bonds. The van der Waals surface area contributed by atoms with Gasteiger partial charge >= 0.3 is 6.09 Å². The number of halogens is 1. The van der Waals surface area contributed by atoms with Crippen molar-refractivity contribution in [3.8, 4) is 0 Å². The second-order valence-corrected chi connectivity index (χ2v) is 7.82. The Morgan fingerprint density at radius 3 is 2.33 bits per heavy atom. The van der Waals surface area contributed by atoms with Crippen molar-refractivity contribution in [2.45, 2.75) is 39.2 Å². The first-order valence-corrected chi connectivity index (χ1v) is 9.44. The fourth-order valence-corrected chi connectivity index (χ4v) is 2.86. The molecular weight excluding hydrogens is 349 g/mol. The number of piperazine rings is 1. The molecule has 1 fully saturated rings. The second-order valence-electron chi connectivity index (χ2n) is 7.82. The minimum atomic E-state index is -0.472. The molecule has 1 saturated heterocycles. The molecule has 1 heterocycles. The first-order valence-electron chi connectivity index (χ1n) is 9.44. The van der Waals surface area contributed by atoms with Crippen molar-refractivity contribution in [2.75, 3.05) is 39.3 Å². The van der Waals surface area contributed by atoms with Crippen LogP contribution in [0.4, 0.5) is 9.18 Å². The molecule has 0 unspecified atom stereocenters. The van der Waals surface area contributed by atoms with E-state index in [-0.39, 0.29) is 24.2 Å². The lowest BCUT2D eigenvalue weighted by molar-refractivity contribution is -0.120. The summed E-state index contributed by atoms with van der Waals surface area (Å²) in [6, 6.07) is 5.97. The summed E-state index contributed by atoms with van der Waals surface area (Å²) in [5.41, 5.74) is 0.326. The Labute approximate surface area is 160 Å². The highest BCUT2D eigenvalue weighted by Crippen LogP contribution is 2.12. The van der Waals surface area contributed by atoms with E-state index in [0.29, 0.717) is 19.6 Å². The van der Waals surface area contributed by atoms with E-state index >= 15 is 0 Å². The fourth-order valence-electron chi connectivity index (χ4n) is 2.86. The maximum atomic E-state index is 12.9. The van der Waals surface area contributed by atoms with E-state index in [2.05, 4.69) is 10.2 Å². The van der Waals surface area contributed by atoms with Gasteiger partial charge in [-0.25, -0.2) is 9.18 Å². The molecule has 1 N–H and O–H groups in total. The van der Waals surface area contributed by atoms with Crippen molar-refractivity contribution < 1.29 is 18.7 Å². The van der Waals surface area contributed by atoms with E-state index in [1.54, 1.807) is 17.0 Å². The summed E-state index contributed by atoms with van der Waals surface area (Å²) in [6.07, 6.45) is 0.853. The molecule has 0 aromatic heterocycles. The largest absolute Gasteiger partial charge is 0.444 e. The average Bonchev–Trinajstić information content (AvgIpc) is 2.60. The molecular formula is C20H30FN3O3. The van der Waals surface area contributed by atoms with Crippen molar-refractivity contribution in [3.63, 3.8) is 0 Å². The van der Waals surface area contributed by atoms with E-state index in [4.69, 9.17) is 4.74 Å². The van der Waals surface area contributed by atoms with Crippen molar-refractivity contribution in [1.82, 2.24) is 15.1 Å². The third-order valence-corrected chi connectivity index (χ3v) is 4.28. The molecule has 1 aliphatic heterocycles. The van der Waals surface area contributed by atoms with E-state index in [9.17, 15) is 14.0 Å². The van der Waals surface area contributed by atoms with E-state index in [1.807, 2.05) is 20.8 Å². The maximum absolute atomic E-state index is 12.9. The van der Waals surface area contributed by atoms with Gasteiger partial charge in [0.25, 0.3) is 0 Å². The number of hydrogen-bond donors (Lipinski definition) is 1. The molecule has 1 aromatic rings. The number of benzene rings is 1. The summed E-state index contributed by atoms with van der Waals surface area (Å²) in [5, 5.41) is 2.89. The summed E-state index contributed by atoms with van der Waals surface area (Å²) >= 11 is 0. The van der Waals surface area contributed by atoms with Gasteiger partial charge in [-0.15, -0.1) is 0 Å². The Balaban J connectivity index is 1.58. The zero-order valence-electron chi connectivity index (χ0n) is 16.5. The second kappa shape index (κ2) is 9.69. The van der Waals surface area contributed by atoms with E-state index in [0.717, 1.165) is 31.6 Å². The van der Waals surface area contributed by atoms with Gasteiger partial charge in [0.15, 0.2) is 0 Å². The zero-order valence-corrected chi connectivity index (χ0v) is 16.5. The van der Waals surface area contributed by atoms with Crippen LogP contribution >= 0.6 is 0 Å². The predicted molar refractivity (Wildman–Crippen MR) is 102 cm³/mol. The Hall–Kier alpha value is -2.15. The quantitative estimate of drug-likeness (QED) is 0.771. The van der Waals surface area contributed by atoms with Gasteiger partial charge in [-0.1, -0.05) is 12.1 Å². The monoisotopic (exact) mass is 379 g/mol. The molecule has 0 spiro atoms. The number of ether oxygens (including phenoxy) is 1.